The van der Waals surface area contributed by atoms with Crippen LogP contribution in [-0.4, -0.2) is 17.5 Å². The zero-order valence-electron chi connectivity index (χ0n) is 13.5. The third kappa shape index (κ3) is 3.90. The molecular weight excluding hydrogens is 316 g/mol. The molecule has 1 aliphatic heterocycles. The lowest BCUT2D eigenvalue weighted by Crippen LogP contribution is -2.36. The van der Waals surface area contributed by atoms with E-state index in [4.69, 9.17) is 5.26 Å². The Balaban J connectivity index is 1.75. The zero-order valence-corrected chi connectivity index (χ0v) is 13.5. The van der Waals surface area contributed by atoms with Gasteiger partial charge in [-0.3, -0.25) is 9.59 Å². The predicted molar refractivity (Wildman–Crippen MR) is 95.0 cm³/mol. The first-order chi connectivity index (χ1) is 12.2. The first-order valence-corrected chi connectivity index (χ1v) is 7.90. The molecule has 0 fully saturated rings. The van der Waals surface area contributed by atoms with E-state index in [1.54, 1.807) is 36.4 Å². The van der Waals surface area contributed by atoms with Gasteiger partial charge in [-0.2, -0.15) is 10.4 Å². The van der Waals surface area contributed by atoms with Crippen LogP contribution < -0.4 is 10.3 Å². The highest BCUT2D eigenvalue weighted by atomic mass is 16.2. The number of hydrazone groups is 1. The molecule has 0 unspecified atom stereocenters. The van der Waals surface area contributed by atoms with Crippen molar-refractivity contribution in [1.29, 1.82) is 5.26 Å². The highest BCUT2D eigenvalue weighted by molar-refractivity contribution is 6.44. The fourth-order valence-corrected chi connectivity index (χ4v) is 2.49. The monoisotopic (exact) mass is 332 g/mol. The second-order valence-corrected chi connectivity index (χ2v) is 5.57. The molecule has 0 aliphatic carbocycles. The second-order valence-electron chi connectivity index (χ2n) is 5.57. The van der Waals surface area contributed by atoms with E-state index in [0.717, 1.165) is 5.56 Å². The van der Waals surface area contributed by atoms with Crippen LogP contribution in [0.3, 0.4) is 0 Å². The van der Waals surface area contributed by atoms with E-state index >= 15 is 0 Å². The van der Waals surface area contributed by atoms with Crippen molar-refractivity contribution in [1.82, 2.24) is 0 Å². The third-order valence-electron chi connectivity index (χ3n) is 3.79. The number of hydrogen-bond donors (Lipinski definition) is 1. The molecule has 0 saturated carbocycles. The van der Waals surface area contributed by atoms with E-state index < -0.39 is 0 Å². The lowest BCUT2D eigenvalue weighted by atomic mass is 10.1. The van der Waals surface area contributed by atoms with Gasteiger partial charge in [0.05, 0.1) is 18.2 Å². The Hall–Kier alpha value is -3.46. The molecule has 25 heavy (non-hydrogen) atoms. The van der Waals surface area contributed by atoms with Crippen LogP contribution in [0.4, 0.5) is 11.4 Å². The molecule has 0 aromatic heterocycles. The van der Waals surface area contributed by atoms with E-state index in [9.17, 15) is 9.59 Å². The van der Waals surface area contributed by atoms with Gasteiger partial charge in [0.2, 0.25) is 5.91 Å². The number of nitrogens with one attached hydrogen (secondary N) is 1. The number of para-hydroxylation sites is 1. The molecule has 3 rings (SSSR count). The SMILES string of the molecule is N#CCc1ccc(NC(=O)C2=NN(c3ccccc3)C(=O)CC2)cc1. The number of nitrogens with zero attached hydrogens (tertiary/aromatic N) is 3. The molecule has 6 nitrogen and oxygen atoms in total. The van der Waals surface area contributed by atoms with Crippen molar-refractivity contribution >= 4 is 28.9 Å². The maximum absolute atomic E-state index is 12.4. The first kappa shape index (κ1) is 16.4. The number of anilines is 2. The minimum atomic E-state index is -0.332. The lowest BCUT2D eigenvalue weighted by molar-refractivity contribution is -0.118. The molecule has 0 bridgehead atoms. The largest absolute Gasteiger partial charge is 0.321 e. The van der Waals surface area contributed by atoms with E-state index in [0.29, 0.717) is 29.9 Å². The van der Waals surface area contributed by atoms with E-state index in [1.165, 1.54) is 5.01 Å². The van der Waals surface area contributed by atoms with Crippen LogP contribution in [0.25, 0.3) is 0 Å². The number of hydrogen-bond acceptors (Lipinski definition) is 4. The Morgan fingerprint density at radius 1 is 1.12 bits per heavy atom. The molecule has 2 aromatic rings. The Morgan fingerprint density at radius 3 is 2.52 bits per heavy atom. The molecule has 124 valence electrons. The summed E-state index contributed by atoms with van der Waals surface area (Å²) >= 11 is 0. The van der Waals surface area contributed by atoms with Gasteiger partial charge in [-0.15, -0.1) is 0 Å². The third-order valence-corrected chi connectivity index (χ3v) is 3.79. The van der Waals surface area contributed by atoms with Gasteiger partial charge in [0.1, 0.15) is 5.71 Å². The van der Waals surface area contributed by atoms with E-state index in [1.807, 2.05) is 18.2 Å². The summed E-state index contributed by atoms with van der Waals surface area (Å²) in [7, 11) is 0. The Bertz CT molecular complexity index is 851. The van der Waals surface area contributed by atoms with Gasteiger partial charge in [0.15, 0.2) is 0 Å². The molecule has 1 N–H and O–H groups in total. The molecular formula is C19H16N4O2. The molecule has 1 aliphatic rings. The van der Waals surface area contributed by atoms with E-state index in [2.05, 4.69) is 16.5 Å². The standard InChI is InChI=1S/C19H16N4O2/c20-13-12-14-6-8-15(9-7-14)21-19(25)17-10-11-18(24)23(22-17)16-4-2-1-3-5-16/h1-9H,10-12H2,(H,21,25). The summed E-state index contributed by atoms with van der Waals surface area (Å²) in [4.78, 5) is 24.5. The first-order valence-electron chi connectivity index (χ1n) is 7.90. The van der Waals surface area contributed by atoms with Gasteiger partial charge >= 0.3 is 0 Å². The van der Waals surface area contributed by atoms with Crippen molar-refractivity contribution in [2.24, 2.45) is 5.10 Å². The van der Waals surface area contributed by atoms with Crippen LogP contribution in [-0.2, 0) is 16.0 Å². The summed E-state index contributed by atoms with van der Waals surface area (Å²) in [6, 6.07) is 18.2. The predicted octanol–water partition coefficient (Wildman–Crippen LogP) is 2.87. The Morgan fingerprint density at radius 2 is 1.84 bits per heavy atom. The molecule has 6 heteroatoms. The minimum Gasteiger partial charge on any atom is -0.321 e. The van der Waals surface area contributed by atoms with Crippen molar-refractivity contribution in [3.8, 4) is 6.07 Å². The van der Waals surface area contributed by atoms with Gasteiger partial charge < -0.3 is 5.32 Å². The van der Waals surface area contributed by atoms with Crippen LogP contribution >= 0.6 is 0 Å². The molecule has 0 atom stereocenters. The minimum absolute atomic E-state index is 0.136. The number of rotatable bonds is 4. The smallest absolute Gasteiger partial charge is 0.271 e. The van der Waals surface area contributed by atoms with Crippen molar-refractivity contribution in [2.45, 2.75) is 19.3 Å². The summed E-state index contributed by atoms with van der Waals surface area (Å²) in [6.45, 7) is 0. The van der Waals surface area contributed by atoms with Crippen molar-refractivity contribution in [3.63, 3.8) is 0 Å². The molecule has 0 saturated heterocycles. The zero-order chi connectivity index (χ0) is 17.6. The molecule has 2 aromatic carbocycles. The maximum Gasteiger partial charge on any atom is 0.271 e. The Kier molecular flexibility index (Phi) is 4.86. The number of carbonyl (C=O) groups excluding carboxylic acids is 2. The fourth-order valence-electron chi connectivity index (χ4n) is 2.49. The molecule has 0 spiro atoms. The number of carbonyl (C=O) groups is 2. The van der Waals surface area contributed by atoms with Crippen molar-refractivity contribution in [2.75, 3.05) is 10.3 Å². The topological polar surface area (TPSA) is 85.6 Å². The summed E-state index contributed by atoms with van der Waals surface area (Å²) in [6.07, 6.45) is 0.873. The fraction of sp³-hybridized carbons (Fsp3) is 0.158. The number of benzene rings is 2. The van der Waals surface area contributed by atoms with Crippen LogP contribution in [0.1, 0.15) is 18.4 Å². The van der Waals surface area contributed by atoms with Crippen LogP contribution in [0.2, 0.25) is 0 Å². The highest BCUT2D eigenvalue weighted by Crippen LogP contribution is 2.20. The second kappa shape index (κ2) is 7.41. The van der Waals surface area contributed by atoms with Gasteiger partial charge in [0.25, 0.3) is 5.91 Å². The van der Waals surface area contributed by atoms with Crippen molar-refractivity contribution in [3.05, 3.63) is 60.2 Å². The van der Waals surface area contributed by atoms with Gasteiger partial charge in [-0.1, -0.05) is 30.3 Å². The maximum atomic E-state index is 12.4. The number of amides is 2. The van der Waals surface area contributed by atoms with Gasteiger partial charge in [-0.05, 0) is 29.8 Å². The Labute approximate surface area is 145 Å². The van der Waals surface area contributed by atoms with Crippen LogP contribution in [0.15, 0.2) is 59.7 Å². The van der Waals surface area contributed by atoms with Gasteiger partial charge in [0, 0.05) is 18.5 Å². The average molecular weight is 332 g/mol. The van der Waals surface area contributed by atoms with Gasteiger partial charge in [-0.25, -0.2) is 5.01 Å². The van der Waals surface area contributed by atoms with Crippen LogP contribution in [0.5, 0.6) is 0 Å². The van der Waals surface area contributed by atoms with E-state index in [-0.39, 0.29) is 18.2 Å². The number of nitriles is 1. The lowest BCUT2D eigenvalue weighted by Gasteiger charge is -2.23. The summed E-state index contributed by atoms with van der Waals surface area (Å²) < 4.78 is 0. The summed E-state index contributed by atoms with van der Waals surface area (Å²) in [5.41, 5.74) is 2.46. The van der Waals surface area contributed by atoms with Crippen LogP contribution in [0, 0.1) is 11.3 Å². The molecule has 2 amide bonds. The average Bonchev–Trinajstić information content (AvgIpc) is 2.64. The summed E-state index contributed by atoms with van der Waals surface area (Å²) in [5, 5.41) is 16.9. The molecule has 0 radical (unpaired) electrons. The quantitative estimate of drug-likeness (QED) is 0.934. The highest BCUT2D eigenvalue weighted by Gasteiger charge is 2.25. The molecule has 1 heterocycles. The normalized spacial score (nSPS) is 13.8. The van der Waals surface area contributed by atoms with Crippen molar-refractivity contribution < 1.29 is 9.59 Å². The summed E-state index contributed by atoms with van der Waals surface area (Å²) in [5.74, 6) is -0.468.